The lowest BCUT2D eigenvalue weighted by Gasteiger charge is -2.21. The van der Waals surface area contributed by atoms with Crippen molar-refractivity contribution in [1.29, 1.82) is 0 Å². The lowest BCUT2D eigenvalue weighted by molar-refractivity contribution is -0.145. The van der Waals surface area contributed by atoms with Gasteiger partial charge in [-0.2, -0.15) is 0 Å². The number of rotatable bonds is 5. The Morgan fingerprint density at radius 1 is 1.11 bits per heavy atom. The summed E-state index contributed by atoms with van der Waals surface area (Å²) in [4.78, 5) is 43.5. The van der Waals surface area contributed by atoms with Gasteiger partial charge in [-0.1, -0.05) is 0 Å². The summed E-state index contributed by atoms with van der Waals surface area (Å²) in [5, 5.41) is 17.8. The number of pyridine rings is 1. The van der Waals surface area contributed by atoms with Crippen LogP contribution in [-0.4, -0.2) is 42.6 Å². The molecule has 0 aliphatic heterocycles. The highest BCUT2D eigenvalue weighted by molar-refractivity contribution is 7.53. The molecule has 0 aliphatic rings. The van der Waals surface area contributed by atoms with Crippen molar-refractivity contribution in [2.75, 3.05) is 0 Å². The largest absolute Gasteiger partial charge is 0.481 e. The molecule has 0 spiro atoms. The molecule has 1 aromatic rings. The average molecular weight is 275 g/mol. The van der Waals surface area contributed by atoms with Gasteiger partial charge in [0.2, 0.25) is 0 Å². The van der Waals surface area contributed by atoms with Crippen LogP contribution in [0.4, 0.5) is 0 Å². The third-order valence-electron chi connectivity index (χ3n) is 2.26. The Morgan fingerprint density at radius 3 is 1.94 bits per heavy atom. The monoisotopic (exact) mass is 275 g/mol. The van der Waals surface area contributed by atoms with Crippen LogP contribution >= 0.6 is 7.60 Å². The van der Waals surface area contributed by atoms with Crippen LogP contribution in [0.5, 0.6) is 0 Å². The molecular formula is C9H10NO7P. The zero-order chi connectivity index (χ0) is 13.9. The van der Waals surface area contributed by atoms with Gasteiger partial charge in [0.05, 0.1) is 0 Å². The van der Waals surface area contributed by atoms with Gasteiger partial charge in [0, 0.05) is 12.4 Å². The Kier molecular flexibility index (Phi) is 4.18. The highest BCUT2D eigenvalue weighted by Gasteiger charge is 2.46. The van der Waals surface area contributed by atoms with Crippen LogP contribution in [0.1, 0.15) is 11.5 Å². The van der Waals surface area contributed by atoms with Crippen LogP contribution < -0.4 is 0 Å². The summed E-state index contributed by atoms with van der Waals surface area (Å²) in [5.74, 6) is -5.34. The van der Waals surface area contributed by atoms with E-state index in [2.05, 4.69) is 4.98 Å². The smallest absolute Gasteiger partial charge is 0.341 e. The zero-order valence-corrected chi connectivity index (χ0v) is 9.77. The van der Waals surface area contributed by atoms with E-state index in [-0.39, 0.29) is 5.56 Å². The van der Waals surface area contributed by atoms with Gasteiger partial charge in [-0.05, 0) is 17.7 Å². The van der Waals surface area contributed by atoms with Crippen molar-refractivity contribution >= 4 is 19.5 Å². The molecule has 2 unspecified atom stereocenters. The van der Waals surface area contributed by atoms with Crippen molar-refractivity contribution in [1.82, 2.24) is 4.98 Å². The van der Waals surface area contributed by atoms with Gasteiger partial charge in [-0.25, -0.2) is 0 Å². The maximum atomic E-state index is 11.1. The van der Waals surface area contributed by atoms with Crippen LogP contribution in [0.25, 0.3) is 0 Å². The molecule has 1 heterocycles. The number of carboxylic acids is 2. The summed E-state index contributed by atoms with van der Waals surface area (Å²) >= 11 is 0. The minimum absolute atomic E-state index is 0.0341. The van der Waals surface area contributed by atoms with E-state index in [1.165, 1.54) is 24.5 Å². The number of carbonyl (C=O) groups is 2. The summed E-state index contributed by atoms with van der Waals surface area (Å²) in [6, 6.07) is 2.40. The first-order valence-corrected chi connectivity index (χ1v) is 6.34. The van der Waals surface area contributed by atoms with Gasteiger partial charge >= 0.3 is 19.5 Å². The molecule has 0 saturated heterocycles. The number of nitrogens with zero attached hydrogens (tertiary/aromatic N) is 1. The molecule has 9 heteroatoms. The van der Waals surface area contributed by atoms with Crippen molar-refractivity contribution in [2.45, 2.75) is 11.6 Å². The fourth-order valence-electron chi connectivity index (χ4n) is 1.51. The number of aromatic nitrogens is 1. The number of hydrogen-bond donors (Lipinski definition) is 4. The predicted octanol–water partition coefficient (Wildman–Crippen LogP) is -0.119. The molecule has 0 aliphatic carbocycles. The van der Waals surface area contributed by atoms with Gasteiger partial charge < -0.3 is 20.0 Å². The van der Waals surface area contributed by atoms with Crippen molar-refractivity contribution in [3.8, 4) is 0 Å². The minimum Gasteiger partial charge on any atom is -0.481 e. The summed E-state index contributed by atoms with van der Waals surface area (Å²) in [6.07, 6.45) is 2.42. The molecule has 4 N–H and O–H groups in total. The summed E-state index contributed by atoms with van der Waals surface area (Å²) in [7, 11) is -5.11. The van der Waals surface area contributed by atoms with E-state index in [1.807, 2.05) is 0 Å². The maximum Gasteiger partial charge on any atom is 0.341 e. The lowest BCUT2D eigenvalue weighted by Crippen LogP contribution is -2.33. The minimum atomic E-state index is -5.11. The molecule has 0 saturated carbocycles. The van der Waals surface area contributed by atoms with E-state index in [0.29, 0.717) is 0 Å². The van der Waals surface area contributed by atoms with E-state index >= 15 is 0 Å². The van der Waals surface area contributed by atoms with Crippen LogP contribution in [0, 0.1) is 0 Å². The van der Waals surface area contributed by atoms with Crippen LogP contribution in [-0.2, 0) is 14.2 Å². The van der Waals surface area contributed by atoms with Gasteiger partial charge in [0.15, 0.2) is 5.66 Å². The molecule has 0 bridgehead atoms. The molecule has 0 radical (unpaired) electrons. The van der Waals surface area contributed by atoms with E-state index in [0.717, 1.165) is 0 Å². The van der Waals surface area contributed by atoms with Crippen molar-refractivity contribution < 1.29 is 34.2 Å². The van der Waals surface area contributed by atoms with Gasteiger partial charge in [-0.15, -0.1) is 0 Å². The Balaban J connectivity index is 3.32. The first-order valence-electron chi connectivity index (χ1n) is 4.66. The average Bonchev–Trinajstić information content (AvgIpc) is 2.24. The molecule has 0 amide bonds. The second kappa shape index (κ2) is 5.26. The molecule has 0 aromatic carbocycles. The second-order valence-corrected chi connectivity index (χ2v) is 5.20. The summed E-state index contributed by atoms with van der Waals surface area (Å²) < 4.78 is 11.1. The third-order valence-corrected chi connectivity index (χ3v) is 3.51. The first-order chi connectivity index (χ1) is 8.25. The fraction of sp³-hybridized carbons (Fsp3) is 0.222. The van der Waals surface area contributed by atoms with E-state index in [9.17, 15) is 14.2 Å². The van der Waals surface area contributed by atoms with Crippen molar-refractivity contribution in [3.63, 3.8) is 0 Å². The van der Waals surface area contributed by atoms with E-state index in [4.69, 9.17) is 20.0 Å². The third kappa shape index (κ3) is 3.13. The van der Waals surface area contributed by atoms with Crippen LogP contribution in [0.15, 0.2) is 24.5 Å². The normalized spacial score (nSPS) is 14.8. The molecule has 18 heavy (non-hydrogen) atoms. The quantitative estimate of drug-likeness (QED) is 0.544. The molecule has 2 atom stereocenters. The Hall–Kier alpha value is -1.76. The topological polar surface area (TPSA) is 145 Å². The molecule has 1 rings (SSSR count). The van der Waals surface area contributed by atoms with Gasteiger partial charge in [0.1, 0.15) is 5.92 Å². The molecule has 1 aromatic heterocycles. The highest BCUT2D eigenvalue weighted by atomic mass is 31.2. The summed E-state index contributed by atoms with van der Waals surface area (Å²) in [5.41, 5.74) is -2.37. The lowest BCUT2D eigenvalue weighted by atomic mass is 9.96. The maximum absolute atomic E-state index is 11.1. The van der Waals surface area contributed by atoms with Crippen LogP contribution in [0.2, 0.25) is 0 Å². The first kappa shape index (κ1) is 14.3. The van der Waals surface area contributed by atoms with E-state index < -0.39 is 31.1 Å². The number of carboxylic acid groups (broad SMARTS) is 2. The number of aliphatic carboxylic acids is 2. The standard InChI is InChI=1S/C9H10NO7P/c11-8(12)6(5-1-3-10-4-2-5)7(9(13)14)18(15,16)17/h1-4,6-7H,(H,11,12)(H,13,14)(H2,15,16,17). The van der Waals surface area contributed by atoms with Gasteiger partial charge in [-0.3, -0.25) is 19.1 Å². The SMILES string of the molecule is O=C(O)C(c1ccncc1)C(C(=O)O)P(=O)(O)O. The van der Waals surface area contributed by atoms with Gasteiger partial charge in [0.25, 0.3) is 0 Å². The number of hydrogen-bond acceptors (Lipinski definition) is 4. The second-order valence-electron chi connectivity index (χ2n) is 3.47. The van der Waals surface area contributed by atoms with Crippen molar-refractivity contribution in [3.05, 3.63) is 30.1 Å². The molecular weight excluding hydrogens is 265 g/mol. The Morgan fingerprint density at radius 2 is 1.61 bits per heavy atom. The zero-order valence-electron chi connectivity index (χ0n) is 8.87. The van der Waals surface area contributed by atoms with E-state index in [1.54, 1.807) is 0 Å². The van der Waals surface area contributed by atoms with Crippen LogP contribution in [0.3, 0.4) is 0 Å². The predicted molar refractivity (Wildman–Crippen MR) is 58.1 cm³/mol. The highest BCUT2D eigenvalue weighted by Crippen LogP contribution is 2.48. The Bertz CT molecular complexity index is 497. The molecule has 98 valence electrons. The summed E-state index contributed by atoms with van der Waals surface area (Å²) in [6.45, 7) is 0. The molecule has 0 fully saturated rings. The Labute approximate surface area is 101 Å². The fourth-order valence-corrected chi connectivity index (χ4v) is 2.49. The molecule has 8 nitrogen and oxygen atoms in total. The van der Waals surface area contributed by atoms with Crippen molar-refractivity contribution in [2.24, 2.45) is 0 Å².